The van der Waals surface area contributed by atoms with E-state index in [4.69, 9.17) is 10.8 Å². The standard InChI is InChI=1S/C6H10F3NO2.ClH/c1-3(6(7,8)9)2-4(10)5(11)12;/h3-4H,2,10H2,1H3,(H,11,12);1H/p+1/t3-,4?;/m1./s1. The van der Waals surface area contributed by atoms with Crippen LogP contribution in [0.1, 0.15) is 14.8 Å². The fourth-order valence-corrected chi connectivity index (χ4v) is 0.615. The van der Waals surface area contributed by atoms with Gasteiger partial charge in [-0.1, -0.05) is 6.92 Å². The third kappa shape index (κ3) is 5.70. The summed E-state index contributed by atoms with van der Waals surface area (Å²) in [5.74, 6) is -3.09. The minimum Gasteiger partial charge on any atom is -0.480 e. The summed E-state index contributed by atoms with van der Waals surface area (Å²) < 4.78 is 35.5. The number of rotatable bonds is 3. The summed E-state index contributed by atoms with van der Waals surface area (Å²) in [6.45, 7) is 0.906. The van der Waals surface area contributed by atoms with E-state index in [-0.39, 0.29) is 13.8 Å². The molecule has 0 fully saturated rings. The maximum absolute atomic E-state index is 11.8. The Morgan fingerprint density at radius 2 is 2.00 bits per heavy atom. The van der Waals surface area contributed by atoms with Gasteiger partial charge in [-0.15, -0.1) is 12.4 Å². The van der Waals surface area contributed by atoms with Crippen molar-refractivity contribution in [2.75, 3.05) is 0 Å². The Labute approximate surface area is 81.0 Å². The predicted molar refractivity (Wildman–Crippen MR) is 43.8 cm³/mol. The molecule has 3 N–H and O–H groups in total. The maximum Gasteiger partial charge on any atom is 1.00 e. The first-order chi connectivity index (χ1) is 5.25. The van der Waals surface area contributed by atoms with Crippen LogP contribution in [0, 0.1) is 5.92 Å². The van der Waals surface area contributed by atoms with Gasteiger partial charge in [-0.05, 0) is 6.42 Å². The van der Waals surface area contributed by atoms with E-state index in [9.17, 15) is 18.0 Å². The summed E-state index contributed by atoms with van der Waals surface area (Å²) in [7, 11) is 0. The van der Waals surface area contributed by atoms with Crippen LogP contribution in [-0.2, 0) is 4.79 Å². The van der Waals surface area contributed by atoms with Crippen molar-refractivity contribution in [1.82, 2.24) is 0 Å². The lowest BCUT2D eigenvalue weighted by Crippen LogP contribution is -2.35. The molecule has 13 heavy (non-hydrogen) atoms. The lowest BCUT2D eigenvalue weighted by Gasteiger charge is -2.16. The Morgan fingerprint density at radius 3 is 2.23 bits per heavy atom. The number of alkyl halides is 3. The van der Waals surface area contributed by atoms with Gasteiger partial charge in [0.15, 0.2) is 0 Å². The molecule has 0 aliphatic heterocycles. The average Bonchev–Trinajstić information content (AvgIpc) is 1.85. The van der Waals surface area contributed by atoms with E-state index in [1.54, 1.807) is 0 Å². The largest absolute Gasteiger partial charge is 1.00 e. The highest BCUT2D eigenvalue weighted by molar-refractivity contribution is 5.85. The van der Waals surface area contributed by atoms with Crippen molar-refractivity contribution in [2.24, 2.45) is 11.7 Å². The zero-order chi connectivity index (χ0) is 9.94. The van der Waals surface area contributed by atoms with Crippen molar-refractivity contribution >= 4 is 18.4 Å². The lowest BCUT2D eigenvalue weighted by atomic mass is 10.0. The highest BCUT2D eigenvalue weighted by Crippen LogP contribution is 2.28. The minimum absolute atomic E-state index is 0. The highest BCUT2D eigenvalue weighted by atomic mass is 35.5. The van der Waals surface area contributed by atoms with Gasteiger partial charge in [0, 0.05) is 0 Å². The van der Waals surface area contributed by atoms with Crippen LogP contribution in [-0.4, -0.2) is 23.3 Å². The monoisotopic (exact) mass is 222 g/mol. The second kappa shape index (κ2) is 5.29. The molecule has 3 nitrogen and oxygen atoms in total. The van der Waals surface area contributed by atoms with Crippen LogP contribution in [0.4, 0.5) is 13.2 Å². The number of halogens is 4. The molecule has 2 atom stereocenters. The zero-order valence-electron chi connectivity index (χ0n) is 7.84. The SMILES string of the molecule is C[C@H](CC(N)C(=O)O)C(F)(F)F.Cl.[H+]. The third-order valence-corrected chi connectivity index (χ3v) is 1.48. The van der Waals surface area contributed by atoms with Gasteiger partial charge in [-0.3, -0.25) is 4.79 Å². The van der Waals surface area contributed by atoms with Crippen LogP contribution >= 0.6 is 12.4 Å². The van der Waals surface area contributed by atoms with E-state index in [0.717, 1.165) is 6.92 Å². The van der Waals surface area contributed by atoms with Crippen LogP contribution in [0.15, 0.2) is 0 Å². The van der Waals surface area contributed by atoms with E-state index < -0.39 is 30.5 Å². The summed E-state index contributed by atoms with van der Waals surface area (Å²) >= 11 is 0. The zero-order valence-corrected chi connectivity index (χ0v) is 7.65. The topological polar surface area (TPSA) is 63.3 Å². The van der Waals surface area contributed by atoms with Crippen LogP contribution in [0.5, 0.6) is 0 Å². The Morgan fingerprint density at radius 1 is 1.62 bits per heavy atom. The molecule has 0 spiro atoms. The van der Waals surface area contributed by atoms with Crippen molar-refractivity contribution in [1.29, 1.82) is 0 Å². The summed E-state index contributed by atoms with van der Waals surface area (Å²) in [6.07, 6.45) is -4.95. The van der Waals surface area contributed by atoms with E-state index in [0.29, 0.717) is 0 Å². The molecule has 0 aromatic heterocycles. The number of nitrogens with two attached hydrogens (primary N) is 1. The van der Waals surface area contributed by atoms with Crippen LogP contribution in [0.2, 0.25) is 0 Å². The number of carbonyl (C=O) groups is 1. The summed E-state index contributed by atoms with van der Waals surface area (Å²) in [5, 5.41) is 8.20. The van der Waals surface area contributed by atoms with Gasteiger partial charge >= 0.3 is 13.6 Å². The van der Waals surface area contributed by atoms with Gasteiger partial charge in [-0.2, -0.15) is 13.2 Å². The minimum atomic E-state index is -4.37. The second-order valence-corrected chi connectivity index (χ2v) is 2.62. The second-order valence-electron chi connectivity index (χ2n) is 2.62. The molecule has 0 aromatic carbocycles. The number of carboxylic acids is 1. The van der Waals surface area contributed by atoms with Crippen molar-refractivity contribution in [3.63, 3.8) is 0 Å². The fourth-order valence-electron chi connectivity index (χ4n) is 0.615. The molecule has 0 aromatic rings. The highest BCUT2D eigenvalue weighted by Gasteiger charge is 2.37. The van der Waals surface area contributed by atoms with Gasteiger partial charge in [0.2, 0.25) is 0 Å². The fraction of sp³-hybridized carbons (Fsp3) is 0.833. The first-order valence-electron chi connectivity index (χ1n) is 3.30. The smallest absolute Gasteiger partial charge is 0.480 e. The van der Waals surface area contributed by atoms with E-state index in [1.165, 1.54) is 0 Å². The summed E-state index contributed by atoms with van der Waals surface area (Å²) in [5.41, 5.74) is 4.91. The normalized spacial score (nSPS) is 15.8. The molecule has 7 heteroatoms. The number of aliphatic carboxylic acids is 1. The molecule has 0 radical (unpaired) electrons. The molecule has 0 heterocycles. The first kappa shape index (κ1) is 15.0. The average molecular weight is 223 g/mol. The third-order valence-electron chi connectivity index (χ3n) is 1.48. The Balaban J connectivity index is -0.000000605. The van der Waals surface area contributed by atoms with Gasteiger partial charge in [0.05, 0.1) is 5.92 Å². The van der Waals surface area contributed by atoms with Crippen molar-refractivity contribution in [3.05, 3.63) is 0 Å². The van der Waals surface area contributed by atoms with Gasteiger partial charge in [-0.25, -0.2) is 0 Å². The Kier molecular flexibility index (Phi) is 6.10. The molecule has 1 unspecified atom stereocenters. The molecule has 0 rings (SSSR count). The molecule has 0 aliphatic rings. The molecule has 0 amide bonds. The predicted octanol–water partition coefficient (Wildman–Crippen LogP) is 1.52. The summed E-state index contributed by atoms with van der Waals surface area (Å²) in [6, 6.07) is -1.44. The molecule has 80 valence electrons. The maximum atomic E-state index is 11.8. The first-order valence-corrected chi connectivity index (χ1v) is 3.30. The van der Waals surface area contributed by atoms with Crippen LogP contribution < -0.4 is 5.73 Å². The van der Waals surface area contributed by atoms with Crippen molar-refractivity contribution in [2.45, 2.75) is 25.6 Å². The molecular formula is C6H12ClF3NO2+. The molecule has 0 saturated heterocycles. The molecular weight excluding hydrogens is 211 g/mol. The van der Waals surface area contributed by atoms with Gasteiger partial charge in [0.1, 0.15) is 6.04 Å². The van der Waals surface area contributed by atoms with Crippen LogP contribution in [0.25, 0.3) is 0 Å². The van der Waals surface area contributed by atoms with Gasteiger partial charge < -0.3 is 10.8 Å². The van der Waals surface area contributed by atoms with E-state index >= 15 is 0 Å². The van der Waals surface area contributed by atoms with Crippen LogP contribution in [0.3, 0.4) is 0 Å². The van der Waals surface area contributed by atoms with Gasteiger partial charge in [0.25, 0.3) is 0 Å². The van der Waals surface area contributed by atoms with E-state index in [2.05, 4.69) is 0 Å². The van der Waals surface area contributed by atoms with Crippen molar-refractivity contribution in [3.8, 4) is 0 Å². The summed E-state index contributed by atoms with van der Waals surface area (Å²) in [4.78, 5) is 10.1. The lowest BCUT2D eigenvalue weighted by molar-refractivity contribution is -0.173. The number of hydrogen-bond acceptors (Lipinski definition) is 2. The quantitative estimate of drug-likeness (QED) is 0.761. The van der Waals surface area contributed by atoms with Crippen molar-refractivity contribution < 1.29 is 24.5 Å². The molecule has 0 aliphatic carbocycles. The number of hydrogen-bond donors (Lipinski definition) is 2. The Hall–Kier alpha value is -0.490. The Bertz CT molecular complexity index is 179. The van der Waals surface area contributed by atoms with E-state index in [1.807, 2.05) is 0 Å². The molecule has 0 bridgehead atoms. The number of carboxylic acid groups (broad SMARTS) is 1. The molecule has 0 saturated carbocycles.